The maximum Gasteiger partial charge on any atom is 0.241 e. The van der Waals surface area contributed by atoms with Gasteiger partial charge in [0.1, 0.15) is 0 Å². The van der Waals surface area contributed by atoms with Gasteiger partial charge in [0.15, 0.2) is 0 Å². The van der Waals surface area contributed by atoms with Gasteiger partial charge >= 0.3 is 0 Å². The van der Waals surface area contributed by atoms with Gasteiger partial charge in [0.2, 0.25) is 5.91 Å². The number of carbonyl (C=O) groups is 1. The Labute approximate surface area is 60.7 Å². The molecule has 0 radical (unpaired) electrons. The molecule has 0 aromatic carbocycles. The molecule has 0 heterocycles. The number of ether oxygens (including phenoxy) is 1. The van der Waals surface area contributed by atoms with Crippen molar-refractivity contribution >= 4 is 5.91 Å². The summed E-state index contributed by atoms with van der Waals surface area (Å²) in [5.41, 5.74) is 1.53. The van der Waals surface area contributed by atoms with Gasteiger partial charge in [0.05, 0.1) is 12.0 Å². The highest BCUT2D eigenvalue weighted by atomic mass is 16.5. The average Bonchev–Trinajstić information content (AvgIpc) is 1.86. The first-order valence-electron chi connectivity index (χ1n) is 3.04. The Hall–Kier alpha value is -0.610. The molecule has 4 heteroatoms. The number of hydrazine groups is 1. The second-order valence-electron chi connectivity index (χ2n) is 2.79. The maximum absolute atomic E-state index is 10.9. The van der Waals surface area contributed by atoms with Crippen LogP contribution in [0.2, 0.25) is 0 Å². The lowest BCUT2D eigenvalue weighted by atomic mass is 9.94. The summed E-state index contributed by atoms with van der Waals surface area (Å²) in [7, 11) is 1.55. The van der Waals surface area contributed by atoms with Gasteiger partial charge in [-0.2, -0.15) is 0 Å². The van der Waals surface area contributed by atoms with Gasteiger partial charge in [-0.3, -0.25) is 10.2 Å². The lowest BCUT2D eigenvalue weighted by Gasteiger charge is -2.20. The van der Waals surface area contributed by atoms with E-state index in [0.29, 0.717) is 6.61 Å². The number of carbonyl (C=O) groups excluding carboxylic acids is 1. The number of hydrogen-bond donors (Lipinski definition) is 2. The second kappa shape index (κ2) is 3.53. The highest BCUT2D eigenvalue weighted by Gasteiger charge is 2.26. The van der Waals surface area contributed by atoms with E-state index >= 15 is 0 Å². The molecule has 0 unspecified atom stereocenters. The van der Waals surface area contributed by atoms with E-state index in [2.05, 4.69) is 5.43 Å². The topological polar surface area (TPSA) is 64.3 Å². The van der Waals surface area contributed by atoms with Crippen molar-refractivity contribution in [3.8, 4) is 0 Å². The standard InChI is InChI=1S/C6H14N2O2/c1-6(2,4-10-3)5(9)8-7/h4,7H2,1-3H3,(H,8,9). The third-order valence-corrected chi connectivity index (χ3v) is 1.25. The zero-order valence-corrected chi connectivity index (χ0v) is 6.60. The maximum atomic E-state index is 10.9. The van der Waals surface area contributed by atoms with E-state index in [9.17, 15) is 4.79 Å². The minimum atomic E-state index is -0.538. The highest BCUT2D eigenvalue weighted by Crippen LogP contribution is 2.13. The van der Waals surface area contributed by atoms with E-state index in [0.717, 1.165) is 0 Å². The summed E-state index contributed by atoms with van der Waals surface area (Å²) in [5.74, 6) is 4.72. The molecule has 0 spiro atoms. The lowest BCUT2D eigenvalue weighted by Crippen LogP contribution is -2.43. The van der Waals surface area contributed by atoms with Crippen molar-refractivity contribution in [3.05, 3.63) is 0 Å². The highest BCUT2D eigenvalue weighted by molar-refractivity contribution is 5.81. The van der Waals surface area contributed by atoms with Crippen LogP contribution < -0.4 is 11.3 Å². The SMILES string of the molecule is COCC(C)(C)C(=O)NN. The number of rotatable bonds is 3. The Balaban J connectivity index is 3.96. The molecule has 0 saturated heterocycles. The van der Waals surface area contributed by atoms with Crippen molar-refractivity contribution < 1.29 is 9.53 Å². The van der Waals surface area contributed by atoms with Gasteiger partial charge in [-0.1, -0.05) is 0 Å². The fourth-order valence-corrected chi connectivity index (χ4v) is 0.622. The van der Waals surface area contributed by atoms with Crippen molar-refractivity contribution in [2.45, 2.75) is 13.8 Å². The molecule has 0 atom stereocenters. The van der Waals surface area contributed by atoms with Crippen LogP contribution in [-0.4, -0.2) is 19.6 Å². The summed E-state index contributed by atoms with van der Waals surface area (Å²) in [6.45, 7) is 3.90. The van der Waals surface area contributed by atoms with Crippen LogP contribution >= 0.6 is 0 Å². The summed E-state index contributed by atoms with van der Waals surface area (Å²) in [6, 6.07) is 0. The molecule has 0 aliphatic rings. The number of nitrogens with one attached hydrogen (secondary N) is 1. The van der Waals surface area contributed by atoms with Crippen molar-refractivity contribution in [2.75, 3.05) is 13.7 Å². The van der Waals surface area contributed by atoms with E-state index in [1.165, 1.54) is 0 Å². The van der Waals surface area contributed by atoms with Gasteiger partial charge in [0, 0.05) is 7.11 Å². The Kier molecular flexibility index (Phi) is 3.32. The smallest absolute Gasteiger partial charge is 0.241 e. The minimum Gasteiger partial charge on any atom is -0.384 e. The van der Waals surface area contributed by atoms with Crippen LogP contribution in [0.3, 0.4) is 0 Å². The quantitative estimate of drug-likeness (QED) is 0.325. The van der Waals surface area contributed by atoms with E-state index in [1.807, 2.05) is 0 Å². The van der Waals surface area contributed by atoms with Crippen LogP contribution in [0.4, 0.5) is 0 Å². The van der Waals surface area contributed by atoms with Crippen LogP contribution in [0, 0.1) is 5.41 Å². The van der Waals surface area contributed by atoms with Crippen molar-refractivity contribution in [3.63, 3.8) is 0 Å². The predicted octanol–water partition coefficient (Wildman–Crippen LogP) is -0.351. The first kappa shape index (κ1) is 9.39. The van der Waals surface area contributed by atoms with Crippen LogP contribution in [0.1, 0.15) is 13.8 Å². The molecule has 0 aromatic heterocycles. The molecule has 4 nitrogen and oxygen atoms in total. The third-order valence-electron chi connectivity index (χ3n) is 1.25. The van der Waals surface area contributed by atoms with Crippen LogP contribution in [-0.2, 0) is 9.53 Å². The molecule has 1 amide bonds. The predicted molar refractivity (Wildman–Crippen MR) is 38.0 cm³/mol. The molecule has 0 saturated carbocycles. The second-order valence-corrected chi connectivity index (χ2v) is 2.79. The molecule has 3 N–H and O–H groups in total. The van der Waals surface area contributed by atoms with Crippen molar-refractivity contribution in [1.82, 2.24) is 5.43 Å². The summed E-state index contributed by atoms with van der Waals surface area (Å²) >= 11 is 0. The zero-order valence-electron chi connectivity index (χ0n) is 6.60. The average molecular weight is 146 g/mol. The molecule has 10 heavy (non-hydrogen) atoms. The summed E-state index contributed by atoms with van der Waals surface area (Å²) in [6.07, 6.45) is 0. The van der Waals surface area contributed by atoms with Gasteiger partial charge in [-0.15, -0.1) is 0 Å². The third kappa shape index (κ3) is 2.33. The van der Waals surface area contributed by atoms with E-state index < -0.39 is 5.41 Å². The van der Waals surface area contributed by atoms with Crippen LogP contribution in [0.5, 0.6) is 0 Å². The molecule has 0 aromatic rings. The van der Waals surface area contributed by atoms with Crippen molar-refractivity contribution in [2.24, 2.45) is 11.3 Å². The Morgan fingerprint density at radius 3 is 2.50 bits per heavy atom. The largest absolute Gasteiger partial charge is 0.384 e. The van der Waals surface area contributed by atoms with E-state index in [-0.39, 0.29) is 5.91 Å². The molecule has 0 bridgehead atoms. The zero-order chi connectivity index (χ0) is 8.20. The molecule has 0 rings (SSSR count). The fourth-order valence-electron chi connectivity index (χ4n) is 0.622. The summed E-state index contributed by atoms with van der Waals surface area (Å²) in [4.78, 5) is 10.9. The monoisotopic (exact) mass is 146 g/mol. The lowest BCUT2D eigenvalue weighted by molar-refractivity contribution is -0.132. The van der Waals surface area contributed by atoms with Gasteiger partial charge in [0.25, 0.3) is 0 Å². The number of methoxy groups -OCH3 is 1. The Morgan fingerprint density at radius 1 is 1.70 bits per heavy atom. The van der Waals surface area contributed by atoms with E-state index in [1.54, 1.807) is 21.0 Å². The summed E-state index contributed by atoms with van der Waals surface area (Å²) in [5, 5.41) is 0. The summed E-state index contributed by atoms with van der Waals surface area (Å²) < 4.78 is 4.81. The fraction of sp³-hybridized carbons (Fsp3) is 0.833. The minimum absolute atomic E-state index is 0.214. The van der Waals surface area contributed by atoms with Gasteiger partial charge in [-0.25, -0.2) is 5.84 Å². The molecular formula is C6H14N2O2. The molecule has 0 aliphatic heterocycles. The molecule has 60 valence electrons. The van der Waals surface area contributed by atoms with Gasteiger partial charge < -0.3 is 4.74 Å². The number of hydrogen-bond acceptors (Lipinski definition) is 3. The number of amides is 1. The van der Waals surface area contributed by atoms with E-state index in [4.69, 9.17) is 10.6 Å². The van der Waals surface area contributed by atoms with Crippen molar-refractivity contribution in [1.29, 1.82) is 0 Å². The normalized spacial score (nSPS) is 11.2. The molecule has 0 fully saturated rings. The van der Waals surface area contributed by atoms with Crippen LogP contribution in [0.15, 0.2) is 0 Å². The number of nitrogens with two attached hydrogens (primary N) is 1. The first-order chi connectivity index (χ1) is 4.54. The molecule has 0 aliphatic carbocycles. The van der Waals surface area contributed by atoms with Crippen LogP contribution in [0.25, 0.3) is 0 Å². The first-order valence-corrected chi connectivity index (χ1v) is 3.04. The van der Waals surface area contributed by atoms with Gasteiger partial charge in [-0.05, 0) is 13.8 Å². The Morgan fingerprint density at radius 2 is 2.20 bits per heavy atom. The Bertz CT molecular complexity index is 123. The molecular weight excluding hydrogens is 132 g/mol.